The number of para-hydroxylation sites is 1. The SMILES string of the molecule is COc1ccccc1[C@H]1CN(C(C)=O)CCN1Cc1ccnc(C)n1. The number of aryl methyl sites for hydroxylation is 1. The van der Waals surface area contributed by atoms with Crippen molar-refractivity contribution in [1.82, 2.24) is 19.8 Å². The van der Waals surface area contributed by atoms with E-state index in [0.29, 0.717) is 6.54 Å². The zero-order valence-electron chi connectivity index (χ0n) is 15.0. The Labute approximate surface area is 148 Å². The highest BCUT2D eigenvalue weighted by atomic mass is 16.5. The molecule has 0 saturated carbocycles. The van der Waals surface area contributed by atoms with E-state index in [0.717, 1.165) is 42.5 Å². The van der Waals surface area contributed by atoms with Crippen LogP contribution in [0.15, 0.2) is 36.5 Å². The molecule has 25 heavy (non-hydrogen) atoms. The molecule has 1 atom stereocenters. The van der Waals surface area contributed by atoms with Crippen LogP contribution in [-0.2, 0) is 11.3 Å². The molecule has 1 aromatic heterocycles. The summed E-state index contributed by atoms with van der Waals surface area (Å²) in [4.78, 5) is 24.9. The first kappa shape index (κ1) is 17.4. The molecule has 0 bridgehead atoms. The average Bonchev–Trinajstić information content (AvgIpc) is 2.62. The van der Waals surface area contributed by atoms with Crippen LogP contribution in [0.2, 0.25) is 0 Å². The van der Waals surface area contributed by atoms with Crippen LogP contribution in [0, 0.1) is 6.92 Å². The molecule has 1 aromatic carbocycles. The number of ether oxygens (including phenoxy) is 1. The van der Waals surface area contributed by atoms with Crippen LogP contribution in [0.25, 0.3) is 0 Å². The van der Waals surface area contributed by atoms with Crippen LogP contribution >= 0.6 is 0 Å². The summed E-state index contributed by atoms with van der Waals surface area (Å²) in [5.74, 6) is 1.73. The van der Waals surface area contributed by atoms with Gasteiger partial charge in [0.25, 0.3) is 0 Å². The third-order valence-electron chi connectivity index (χ3n) is 4.63. The molecular weight excluding hydrogens is 316 g/mol. The molecule has 1 fully saturated rings. The van der Waals surface area contributed by atoms with Crippen molar-refractivity contribution in [2.45, 2.75) is 26.4 Å². The summed E-state index contributed by atoms with van der Waals surface area (Å²) in [6, 6.07) is 10.0. The first-order chi connectivity index (χ1) is 12.1. The van der Waals surface area contributed by atoms with Gasteiger partial charge in [-0.2, -0.15) is 0 Å². The molecule has 1 saturated heterocycles. The van der Waals surface area contributed by atoms with Crippen molar-refractivity contribution in [3.63, 3.8) is 0 Å². The van der Waals surface area contributed by atoms with Crippen LogP contribution < -0.4 is 4.74 Å². The van der Waals surface area contributed by atoms with Crippen molar-refractivity contribution >= 4 is 5.91 Å². The van der Waals surface area contributed by atoms with Crippen LogP contribution in [-0.4, -0.2) is 52.4 Å². The fourth-order valence-corrected chi connectivity index (χ4v) is 3.33. The molecule has 1 amide bonds. The Morgan fingerprint density at radius 1 is 1.28 bits per heavy atom. The predicted octanol–water partition coefficient (Wildman–Crippen LogP) is 2.20. The van der Waals surface area contributed by atoms with E-state index in [9.17, 15) is 4.79 Å². The van der Waals surface area contributed by atoms with Crippen molar-refractivity contribution in [2.24, 2.45) is 0 Å². The lowest BCUT2D eigenvalue weighted by Gasteiger charge is -2.41. The lowest BCUT2D eigenvalue weighted by molar-refractivity contribution is -0.132. The number of carbonyl (C=O) groups excluding carboxylic acids is 1. The van der Waals surface area contributed by atoms with E-state index in [-0.39, 0.29) is 11.9 Å². The van der Waals surface area contributed by atoms with Gasteiger partial charge in [0.1, 0.15) is 11.6 Å². The van der Waals surface area contributed by atoms with Gasteiger partial charge in [-0.3, -0.25) is 9.69 Å². The number of amides is 1. The van der Waals surface area contributed by atoms with Crippen LogP contribution in [0.4, 0.5) is 0 Å². The minimum atomic E-state index is 0.0732. The second-order valence-corrected chi connectivity index (χ2v) is 6.29. The number of hydrogen-bond acceptors (Lipinski definition) is 5. The highest BCUT2D eigenvalue weighted by Crippen LogP contribution is 2.33. The minimum Gasteiger partial charge on any atom is -0.496 e. The molecule has 0 spiro atoms. The number of piperazine rings is 1. The molecule has 6 nitrogen and oxygen atoms in total. The Bertz CT molecular complexity index is 750. The fraction of sp³-hybridized carbons (Fsp3) is 0.421. The summed E-state index contributed by atoms with van der Waals surface area (Å²) in [6.45, 7) is 6.42. The van der Waals surface area contributed by atoms with Gasteiger partial charge in [-0.1, -0.05) is 18.2 Å². The number of nitrogens with zero attached hydrogens (tertiary/aromatic N) is 4. The van der Waals surface area contributed by atoms with E-state index in [2.05, 4.69) is 20.9 Å². The monoisotopic (exact) mass is 340 g/mol. The van der Waals surface area contributed by atoms with Gasteiger partial charge in [-0.25, -0.2) is 9.97 Å². The van der Waals surface area contributed by atoms with E-state index < -0.39 is 0 Å². The predicted molar refractivity (Wildman–Crippen MR) is 95.2 cm³/mol. The highest BCUT2D eigenvalue weighted by molar-refractivity contribution is 5.73. The summed E-state index contributed by atoms with van der Waals surface area (Å²) in [6.07, 6.45) is 1.79. The largest absolute Gasteiger partial charge is 0.496 e. The smallest absolute Gasteiger partial charge is 0.219 e. The molecule has 0 radical (unpaired) electrons. The topological polar surface area (TPSA) is 58.6 Å². The van der Waals surface area contributed by atoms with E-state index in [1.807, 2.05) is 36.1 Å². The number of aromatic nitrogens is 2. The molecule has 132 valence electrons. The number of hydrogen-bond donors (Lipinski definition) is 0. The number of methoxy groups -OCH3 is 1. The van der Waals surface area contributed by atoms with Crippen molar-refractivity contribution in [1.29, 1.82) is 0 Å². The molecule has 1 aliphatic heterocycles. The van der Waals surface area contributed by atoms with Crippen molar-refractivity contribution < 1.29 is 9.53 Å². The summed E-state index contributed by atoms with van der Waals surface area (Å²) < 4.78 is 5.56. The Morgan fingerprint density at radius 3 is 2.80 bits per heavy atom. The first-order valence-corrected chi connectivity index (χ1v) is 8.49. The van der Waals surface area contributed by atoms with E-state index in [1.165, 1.54) is 0 Å². The maximum absolute atomic E-state index is 11.9. The standard InChI is InChI=1S/C19H24N4O2/c1-14-20-9-8-16(21-14)12-23-11-10-22(15(2)24)13-18(23)17-6-4-5-7-19(17)25-3/h4-9,18H,10-13H2,1-3H3/t18-/m1/s1. The summed E-state index contributed by atoms with van der Waals surface area (Å²) in [5.41, 5.74) is 2.09. The van der Waals surface area contributed by atoms with Crippen LogP contribution in [0.3, 0.4) is 0 Å². The molecule has 6 heteroatoms. The van der Waals surface area contributed by atoms with Crippen LogP contribution in [0.1, 0.15) is 30.0 Å². The normalized spacial score (nSPS) is 18.2. The quantitative estimate of drug-likeness (QED) is 0.854. The Balaban J connectivity index is 1.90. The summed E-state index contributed by atoms with van der Waals surface area (Å²) in [7, 11) is 1.68. The second-order valence-electron chi connectivity index (χ2n) is 6.29. The molecule has 3 rings (SSSR count). The lowest BCUT2D eigenvalue weighted by Crippen LogP contribution is -2.49. The number of carbonyl (C=O) groups is 1. The van der Waals surface area contributed by atoms with Gasteiger partial charge in [0.2, 0.25) is 5.91 Å². The first-order valence-electron chi connectivity index (χ1n) is 8.49. The number of rotatable bonds is 4. The third kappa shape index (κ3) is 3.96. The van der Waals surface area contributed by atoms with Crippen molar-refractivity contribution in [3.05, 3.63) is 53.6 Å². The van der Waals surface area contributed by atoms with Gasteiger partial charge in [-0.05, 0) is 19.1 Å². The zero-order chi connectivity index (χ0) is 17.8. The van der Waals surface area contributed by atoms with Gasteiger partial charge in [-0.15, -0.1) is 0 Å². The maximum Gasteiger partial charge on any atom is 0.219 e. The van der Waals surface area contributed by atoms with Gasteiger partial charge >= 0.3 is 0 Å². The molecule has 1 aliphatic rings. The summed E-state index contributed by atoms with van der Waals surface area (Å²) >= 11 is 0. The number of benzene rings is 1. The molecular formula is C19H24N4O2. The molecule has 0 aliphatic carbocycles. The highest BCUT2D eigenvalue weighted by Gasteiger charge is 2.31. The van der Waals surface area contributed by atoms with Gasteiger partial charge in [0, 0.05) is 44.9 Å². The molecule has 0 unspecified atom stereocenters. The van der Waals surface area contributed by atoms with Gasteiger partial charge < -0.3 is 9.64 Å². The molecule has 2 aromatic rings. The second kappa shape index (κ2) is 7.61. The zero-order valence-corrected chi connectivity index (χ0v) is 15.0. The van der Waals surface area contributed by atoms with Crippen molar-refractivity contribution in [3.8, 4) is 5.75 Å². The lowest BCUT2D eigenvalue weighted by atomic mass is 10.0. The molecule has 0 N–H and O–H groups in total. The third-order valence-corrected chi connectivity index (χ3v) is 4.63. The van der Waals surface area contributed by atoms with E-state index in [1.54, 1.807) is 20.2 Å². The maximum atomic E-state index is 11.9. The Kier molecular flexibility index (Phi) is 5.28. The summed E-state index contributed by atoms with van der Waals surface area (Å²) in [5, 5.41) is 0. The van der Waals surface area contributed by atoms with Gasteiger partial charge in [0.15, 0.2) is 0 Å². The molecule has 2 heterocycles. The Hall–Kier alpha value is -2.47. The van der Waals surface area contributed by atoms with Gasteiger partial charge in [0.05, 0.1) is 18.8 Å². The van der Waals surface area contributed by atoms with Crippen LogP contribution in [0.5, 0.6) is 5.75 Å². The Morgan fingerprint density at radius 2 is 2.08 bits per heavy atom. The van der Waals surface area contributed by atoms with Crippen molar-refractivity contribution in [2.75, 3.05) is 26.7 Å². The van der Waals surface area contributed by atoms with E-state index in [4.69, 9.17) is 4.74 Å². The van der Waals surface area contributed by atoms with E-state index >= 15 is 0 Å². The minimum absolute atomic E-state index is 0.0732. The average molecular weight is 340 g/mol. The fourth-order valence-electron chi connectivity index (χ4n) is 3.33.